The fraction of sp³-hybridized carbons (Fsp3) is 0.136. The molecule has 6 heteroatoms. The lowest BCUT2D eigenvalue weighted by Gasteiger charge is -2.11. The van der Waals surface area contributed by atoms with Gasteiger partial charge in [0.05, 0.1) is 6.54 Å². The maximum Gasteiger partial charge on any atom is 0.329 e. The summed E-state index contributed by atoms with van der Waals surface area (Å²) in [5.74, 6) is -0.317. The molecule has 0 unspecified atom stereocenters. The highest BCUT2D eigenvalue weighted by Gasteiger charge is 2.33. The fourth-order valence-corrected chi connectivity index (χ4v) is 3.46. The highest BCUT2D eigenvalue weighted by Crippen LogP contribution is 2.24. The molecule has 3 heterocycles. The van der Waals surface area contributed by atoms with Gasteiger partial charge in [-0.1, -0.05) is 30.3 Å². The molecule has 0 spiro atoms. The summed E-state index contributed by atoms with van der Waals surface area (Å²) in [7, 11) is 0. The summed E-state index contributed by atoms with van der Waals surface area (Å²) in [6, 6.07) is 14.9. The number of urea groups is 1. The second kappa shape index (κ2) is 7.15. The van der Waals surface area contributed by atoms with Crippen LogP contribution in [0, 0.1) is 13.8 Å². The van der Waals surface area contributed by atoms with Crippen LogP contribution in [0.3, 0.4) is 0 Å². The van der Waals surface area contributed by atoms with Gasteiger partial charge in [-0.3, -0.25) is 14.7 Å². The van der Waals surface area contributed by atoms with Gasteiger partial charge in [0, 0.05) is 29.5 Å². The molecule has 3 aromatic rings. The van der Waals surface area contributed by atoms with E-state index >= 15 is 0 Å². The van der Waals surface area contributed by atoms with Gasteiger partial charge >= 0.3 is 6.03 Å². The number of nitrogens with one attached hydrogen (secondary N) is 1. The summed E-state index contributed by atoms with van der Waals surface area (Å²) in [5, 5.41) is 2.70. The van der Waals surface area contributed by atoms with E-state index in [0.29, 0.717) is 0 Å². The number of imide groups is 1. The van der Waals surface area contributed by atoms with Crippen LogP contribution in [0.2, 0.25) is 0 Å². The predicted molar refractivity (Wildman–Crippen MR) is 107 cm³/mol. The Kier molecular flexibility index (Phi) is 4.53. The predicted octanol–water partition coefficient (Wildman–Crippen LogP) is 3.58. The molecule has 4 rings (SSSR count). The highest BCUT2D eigenvalue weighted by molar-refractivity contribution is 6.13. The van der Waals surface area contributed by atoms with Crippen LogP contribution < -0.4 is 5.32 Å². The third-order valence-corrected chi connectivity index (χ3v) is 4.84. The van der Waals surface area contributed by atoms with Crippen molar-refractivity contribution in [3.63, 3.8) is 0 Å². The molecule has 28 heavy (non-hydrogen) atoms. The van der Waals surface area contributed by atoms with Gasteiger partial charge in [0.15, 0.2) is 0 Å². The second-order valence-electron chi connectivity index (χ2n) is 6.73. The van der Waals surface area contributed by atoms with Crippen molar-refractivity contribution in [3.05, 3.63) is 89.1 Å². The number of nitrogens with zero attached hydrogens (tertiary/aromatic N) is 3. The largest absolute Gasteiger partial charge is 0.329 e. The SMILES string of the molecule is Cc1cc(/C=C2\NC(=O)N(Cc3ccccc3)C2=O)c(C)n1-c1ccncc1. The second-order valence-corrected chi connectivity index (χ2v) is 6.73. The van der Waals surface area contributed by atoms with Crippen LogP contribution in [0.1, 0.15) is 22.5 Å². The average Bonchev–Trinajstić information content (AvgIpc) is 3.13. The van der Waals surface area contributed by atoms with Crippen LogP contribution in [0.15, 0.2) is 66.6 Å². The van der Waals surface area contributed by atoms with Crippen molar-refractivity contribution in [2.45, 2.75) is 20.4 Å². The molecule has 6 nitrogen and oxygen atoms in total. The van der Waals surface area contributed by atoms with E-state index in [2.05, 4.69) is 14.9 Å². The molecule has 1 aliphatic rings. The van der Waals surface area contributed by atoms with E-state index in [1.165, 1.54) is 4.90 Å². The van der Waals surface area contributed by atoms with Crippen LogP contribution in [-0.2, 0) is 11.3 Å². The molecule has 3 amide bonds. The topological polar surface area (TPSA) is 67.2 Å². The van der Waals surface area contributed by atoms with Crippen LogP contribution >= 0.6 is 0 Å². The average molecular weight is 372 g/mol. The van der Waals surface area contributed by atoms with Crippen LogP contribution in [0.5, 0.6) is 0 Å². The molecule has 140 valence electrons. The maximum atomic E-state index is 12.8. The van der Waals surface area contributed by atoms with E-state index in [9.17, 15) is 9.59 Å². The van der Waals surface area contributed by atoms with E-state index in [4.69, 9.17) is 0 Å². The molecular formula is C22H20N4O2. The molecular weight excluding hydrogens is 352 g/mol. The van der Waals surface area contributed by atoms with Crippen molar-refractivity contribution < 1.29 is 9.59 Å². The Hall–Kier alpha value is -3.67. The number of hydrogen-bond acceptors (Lipinski definition) is 3. The van der Waals surface area contributed by atoms with Gasteiger partial charge in [-0.05, 0) is 49.2 Å². The van der Waals surface area contributed by atoms with Gasteiger partial charge < -0.3 is 9.88 Å². The van der Waals surface area contributed by atoms with Crippen LogP contribution in [-0.4, -0.2) is 26.4 Å². The summed E-state index contributed by atoms with van der Waals surface area (Å²) < 4.78 is 2.09. The van der Waals surface area contributed by atoms with Gasteiger partial charge in [-0.25, -0.2) is 4.79 Å². The summed E-state index contributed by atoms with van der Waals surface area (Å²) in [6.07, 6.45) is 5.23. The molecule has 0 aliphatic carbocycles. The molecule has 1 aromatic carbocycles. The first-order valence-corrected chi connectivity index (χ1v) is 9.02. The number of aryl methyl sites for hydroxylation is 1. The number of aromatic nitrogens is 2. The number of carbonyl (C=O) groups is 2. The van der Waals surface area contributed by atoms with Crippen molar-refractivity contribution in [2.75, 3.05) is 0 Å². The first-order valence-electron chi connectivity index (χ1n) is 9.02. The Bertz CT molecular complexity index is 1070. The van der Waals surface area contributed by atoms with Crippen LogP contribution in [0.4, 0.5) is 4.79 Å². The summed E-state index contributed by atoms with van der Waals surface area (Å²) in [5.41, 5.74) is 5.11. The standard InChI is InChI=1S/C22H20N4O2/c1-15-12-18(16(2)26(15)19-8-10-23-11-9-19)13-20-21(27)25(22(28)24-20)14-17-6-4-3-5-7-17/h3-13H,14H2,1-2H3,(H,24,28)/b20-13-. The van der Waals surface area contributed by atoms with Gasteiger partial charge in [-0.15, -0.1) is 0 Å². The Balaban J connectivity index is 1.63. The van der Waals surface area contributed by atoms with Gasteiger partial charge in [0.1, 0.15) is 5.70 Å². The summed E-state index contributed by atoms with van der Waals surface area (Å²) >= 11 is 0. The first kappa shape index (κ1) is 17.7. The molecule has 0 atom stereocenters. The molecule has 2 aromatic heterocycles. The van der Waals surface area contributed by atoms with Crippen molar-refractivity contribution >= 4 is 18.0 Å². The highest BCUT2D eigenvalue weighted by atomic mass is 16.2. The zero-order valence-electron chi connectivity index (χ0n) is 15.7. The maximum absolute atomic E-state index is 12.8. The lowest BCUT2D eigenvalue weighted by molar-refractivity contribution is -0.123. The smallest absolute Gasteiger partial charge is 0.318 e. The van der Waals surface area contributed by atoms with Crippen LogP contribution in [0.25, 0.3) is 11.8 Å². The number of hydrogen-bond donors (Lipinski definition) is 1. The summed E-state index contributed by atoms with van der Waals surface area (Å²) in [4.78, 5) is 30.3. The van der Waals surface area contributed by atoms with Crippen molar-refractivity contribution in [2.24, 2.45) is 0 Å². The van der Waals surface area contributed by atoms with E-state index in [-0.39, 0.29) is 18.1 Å². The quantitative estimate of drug-likeness (QED) is 0.562. The Morgan fingerprint density at radius 2 is 1.75 bits per heavy atom. The van der Waals surface area contributed by atoms with E-state index in [1.807, 2.05) is 62.4 Å². The van der Waals surface area contributed by atoms with Gasteiger partial charge in [0.25, 0.3) is 5.91 Å². The number of pyridine rings is 1. The monoisotopic (exact) mass is 372 g/mol. The molecule has 0 bridgehead atoms. The van der Waals surface area contributed by atoms with Gasteiger partial charge in [-0.2, -0.15) is 0 Å². The Labute approximate surface area is 163 Å². The molecule has 1 fully saturated rings. The number of amides is 3. The third-order valence-electron chi connectivity index (χ3n) is 4.84. The normalized spacial score (nSPS) is 15.4. The molecule has 0 radical (unpaired) electrons. The third kappa shape index (κ3) is 3.20. The van der Waals surface area contributed by atoms with E-state index in [1.54, 1.807) is 18.5 Å². The molecule has 1 N–H and O–H groups in total. The van der Waals surface area contributed by atoms with Crippen molar-refractivity contribution in [1.29, 1.82) is 0 Å². The van der Waals surface area contributed by atoms with Crippen molar-refractivity contribution in [3.8, 4) is 5.69 Å². The molecule has 1 saturated heterocycles. The minimum atomic E-state index is -0.400. The fourth-order valence-electron chi connectivity index (χ4n) is 3.46. The summed E-state index contributed by atoms with van der Waals surface area (Å²) in [6.45, 7) is 4.24. The Morgan fingerprint density at radius 1 is 1.04 bits per heavy atom. The van der Waals surface area contributed by atoms with Gasteiger partial charge in [0.2, 0.25) is 0 Å². The van der Waals surface area contributed by atoms with E-state index in [0.717, 1.165) is 28.2 Å². The lowest BCUT2D eigenvalue weighted by atomic mass is 10.2. The number of benzene rings is 1. The molecule has 1 aliphatic heterocycles. The van der Waals surface area contributed by atoms with E-state index < -0.39 is 6.03 Å². The van der Waals surface area contributed by atoms with Crippen molar-refractivity contribution in [1.82, 2.24) is 19.8 Å². The zero-order chi connectivity index (χ0) is 19.7. The minimum Gasteiger partial charge on any atom is -0.318 e. The Morgan fingerprint density at radius 3 is 2.46 bits per heavy atom. The minimum absolute atomic E-state index is 0.249. The lowest BCUT2D eigenvalue weighted by Crippen LogP contribution is -2.30. The zero-order valence-corrected chi connectivity index (χ0v) is 15.7. The number of rotatable bonds is 4. The first-order chi connectivity index (χ1) is 13.5. The number of carbonyl (C=O) groups excluding carboxylic acids is 2. The molecule has 0 saturated carbocycles.